The van der Waals surface area contributed by atoms with Crippen LogP contribution in [0.2, 0.25) is 0 Å². The van der Waals surface area contributed by atoms with E-state index in [1.165, 1.54) is 0 Å². The number of rotatable bonds is 3. The van der Waals surface area contributed by atoms with Crippen LogP contribution in [0, 0.1) is 5.92 Å². The summed E-state index contributed by atoms with van der Waals surface area (Å²) in [6.45, 7) is 8.44. The fraction of sp³-hybridized carbons (Fsp3) is 0.929. The normalized spacial score (nSPS) is 31.2. The Morgan fingerprint density at radius 2 is 2.05 bits per heavy atom. The minimum Gasteiger partial charge on any atom is -0.393 e. The molecule has 0 spiro atoms. The molecule has 0 bridgehead atoms. The van der Waals surface area contributed by atoms with Gasteiger partial charge in [-0.2, -0.15) is 0 Å². The summed E-state index contributed by atoms with van der Waals surface area (Å²) in [6.07, 6.45) is 1.54. The molecular formula is C14H26N2O3. The van der Waals surface area contributed by atoms with Crippen LogP contribution in [-0.2, 0) is 9.53 Å². The SMILES string of the molecule is CCC1CN(C(C)C(=O)N2CCOCC2)CCC1O. The Hall–Kier alpha value is -0.650. The first-order chi connectivity index (χ1) is 9.13. The number of aliphatic hydroxyl groups is 1. The molecule has 2 aliphatic heterocycles. The molecular weight excluding hydrogens is 244 g/mol. The van der Waals surface area contributed by atoms with Crippen LogP contribution < -0.4 is 0 Å². The minimum absolute atomic E-state index is 0.0837. The Morgan fingerprint density at radius 1 is 1.37 bits per heavy atom. The molecule has 3 unspecified atom stereocenters. The molecule has 2 fully saturated rings. The Kier molecular flexibility index (Phi) is 5.19. The van der Waals surface area contributed by atoms with Gasteiger partial charge in [0.15, 0.2) is 0 Å². The predicted octanol–water partition coefficient (Wildman–Crippen LogP) is 0.327. The van der Waals surface area contributed by atoms with E-state index < -0.39 is 0 Å². The summed E-state index contributed by atoms with van der Waals surface area (Å²) in [6, 6.07) is -0.0837. The van der Waals surface area contributed by atoms with Crippen LogP contribution in [0.15, 0.2) is 0 Å². The van der Waals surface area contributed by atoms with Crippen LogP contribution >= 0.6 is 0 Å². The lowest BCUT2D eigenvalue weighted by Gasteiger charge is -2.40. The molecule has 0 saturated carbocycles. The van der Waals surface area contributed by atoms with Gasteiger partial charge >= 0.3 is 0 Å². The van der Waals surface area contributed by atoms with Crippen LogP contribution in [0.3, 0.4) is 0 Å². The summed E-state index contributed by atoms with van der Waals surface area (Å²) in [7, 11) is 0. The molecule has 0 aromatic carbocycles. The molecule has 0 aromatic heterocycles. The fourth-order valence-electron chi connectivity index (χ4n) is 3.01. The zero-order valence-electron chi connectivity index (χ0n) is 12.0. The van der Waals surface area contributed by atoms with Gasteiger partial charge < -0.3 is 14.7 Å². The van der Waals surface area contributed by atoms with Crippen molar-refractivity contribution in [1.29, 1.82) is 0 Å². The van der Waals surface area contributed by atoms with Crippen molar-refractivity contribution < 1.29 is 14.6 Å². The van der Waals surface area contributed by atoms with E-state index in [9.17, 15) is 9.90 Å². The molecule has 110 valence electrons. The highest BCUT2D eigenvalue weighted by atomic mass is 16.5. The number of ether oxygens (including phenoxy) is 1. The van der Waals surface area contributed by atoms with Crippen molar-refractivity contribution in [2.24, 2.45) is 5.92 Å². The highest BCUT2D eigenvalue weighted by Crippen LogP contribution is 2.22. The summed E-state index contributed by atoms with van der Waals surface area (Å²) >= 11 is 0. The molecule has 19 heavy (non-hydrogen) atoms. The van der Waals surface area contributed by atoms with Crippen molar-refractivity contribution in [1.82, 2.24) is 9.80 Å². The van der Waals surface area contributed by atoms with E-state index in [-0.39, 0.29) is 18.1 Å². The zero-order valence-corrected chi connectivity index (χ0v) is 12.0. The third-order valence-electron chi connectivity index (χ3n) is 4.48. The second-order valence-electron chi connectivity index (χ2n) is 5.63. The molecule has 2 saturated heterocycles. The van der Waals surface area contributed by atoms with Crippen molar-refractivity contribution in [2.45, 2.75) is 38.8 Å². The van der Waals surface area contributed by atoms with Crippen LogP contribution in [-0.4, -0.2) is 72.4 Å². The van der Waals surface area contributed by atoms with Crippen molar-refractivity contribution in [3.63, 3.8) is 0 Å². The van der Waals surface area contributed by atoms with Gasteiger partial charge in [0.05, 0.1) is 25.4 Å². The van der Waals surface area contributed by atoms with Crippen molar-refractivity contribution >= 4 is 5.91 Å². The number of morpholine rings is 1. The summed E-state index contributed by atoms with van der Waals surface area (Å²) in [5, 5.41) is 9.92. The van der Waals surface area contributed by atoms with Gasteiger partial charge in [-0.1, -0.05) is 6.92 Å². The Morgan fingerprint density at radius 3 is 2.68 bits per heavy atom. The largest absolute Gasteiger partial charge is 0.393 e. The van der Waals surface area contributed by atoms with Crippen LogP contribution in [0.25, 0.3) is 0 Å². The predicted molar refractivity (Wildman–Crippen MR) is 72.8 cm³/mol. The van der Waals surface area contributed by atoms with E-state index in [0.29, 0.717) is 32.2 Å². The van der Waals surface area contributed by atoms with Gasteiger partial charge in [0.1, 0.15) is 0 Å². The van der Waals surface area contributed by atoms with Gasteiger partial charge in [-0.15, -0.1) is 0 Å². The lowest BCUT2D eigenvalue weighted by Crippen LogP contribution is -2.54. The van der Waals surface area contributed by atoms with E-state index in [1.54, 1.807) is 0 Å². The number of piperidine rings is 1. The third kappa shape index (κ3) is 3.46. The second-order valence-corrected chi connectivity index (χ2v) is 5.63. The molecule has 0 aliphatic carbocycles. The number of likely N-dealkylation sites (tertiary alicyclic amines) is 1. The fourth-order valence-corrected chi connectivity index (χ4v) is 3.01. The smallest absolute Gasteiger partial charge is 0.239 e. The Balaban J connectivity index is 1.91. The number of hydrogen-bond donors (Lipinski definition) is 1. The number of amides is 1. The first kappa shape index (κ1) is 14.8. The molecule has 0 aromatic rings. The number of carbonyl (C=O) groups excluding carboxylic acids is 1. The molecule has 5 heteroatoms. The van der Waals surface area contributed by atoms with Gasteiger partial charge in [-0.3, -0.25) is 9.69 Å². The van der Waals surface area contributed by atoms with E-state index in [4.69, 9.17) is 4.74 Å². The molecule has 3 atom stereocenters. The molecule has 1 N–H and O–H groups in total. The van der Waals surface area contributed by atoms with Gasteiger partial charge in [-0.05, 0) is 25.7 Å². The summed E-state index contributed by atoms with van der Waals surface area (Å²) in [4.78, 5) is 16.6. The van der Waals surface area contributed by atoms with Crippen LogP contribution in [0.5, 0.6) is 0 Å². The number of aliphatic hydroxyl groups excluding tert-OH is 1. The lowest BCUT2D eigenvalue weighted by atomic mass is 9.91. The van der Waals surface area contributed by atoms with Gasteiger partial charge in [-0.25, -0.2) is 0 Å². The summed E-state index contributed by atoms with van der Waals surface area (Å²) < 4.78 is 5.28. The van der Waals surface area contributed by atoms with Crippen molar-refractivity contribution in [2.75, 3.05) is 39.4 Å². The monoisotopic (exact) mass is 270 g/mol. The van der Waals surface area contributed by atoms with Crippen molar-refractivity contribution in [3.8, 4) is 0 Å². The standard InChI is InChI=1S/C14H26N2O3/c1-3-12-10-16(5-4-13(12)17)11(2)14(18)15-6-8-19-9-7-15/h11-13,17H,3-10H2,1-2H3. The zero-order chi connectivity index (χ0) is 13.8. The Bertz CT molecular complexity index is 305. The highest BCUT2D eigenvalue weighted by Gasteiger charge is 2.33. The average Bonchev–Trinajstić information content (AvgIpc) is 2.47. The van der Waals surface area contributed by atoms with Gasteiger partial charge in [0, 0.05) is 26.2 Å². The highest BCUT2D eigenvalue weighted by molar-refractivity contribution is 5.81. The number of nitrogens with zero attached hydrogens (tertiary/aromatic N) is 2. The minimum atomic E-state index is -0.202. The number of carbonyl (C=O) groups is 1. The Labute approximate surface area is 115 Å². The molecule has 1 amide bonds. The van der Waals surface area contributed by atoms with Gasteiger partial charge in [0.2, 0.25) is 5.91 Å². The molecule has 0 radical (unpaired) electrons. The molecule has 2 aliphatic rings. The first-order valence-corrected chi connectivity index (χ1v) is 7.42. The second kappa shape index (κ2) is 6.68. The van der Waals surface area contributed by atoms with E-state index in [1.807, 2.05) is 11.8 Å². The van der Waals surface area contributed by atoms with Crippen LogP contribution in [0.4, 0.5) is 0 Å². The summed E-state index contributed by atoms with van der Waals surface area (Å²) in [5.74, 6) is 0.503. The van der Waals surface area contributed by atoms with Gasteiger partial charge in [0.25, 0.3) is 0 Å². The maximum absolute atomic E-state index is 12.4. The van der Waals surface area contributed by atoms with E-state index in [2.05, 4.69) is 11.8 Å². The maximum atomic E-state index is 12.4. The molecule has 2 rings (SSSR count). The molecule has 2 heterocycles. The lowest BCUT2D eigenvalue weighted by molar-refractivity contribution is -0.142. The third-order valence-corrected chi connectivity index (χ3v) is 4.48. The van der Waals surface area contributed by atoms with E-state index >= 15 is 0 Å². The van der Waals surface area contributed by atoms with Crippen molar-refractivity contribution in [3.05, 3.63) is 0 Å². The van der Waals surface area contributed by atoms with Crippen LogP contribution in [0.1, 0.15) is 26.7 Å². The topological polar surface area (TPSA) is 53.0 Å². The molecule has 5 nitrogen and oxygen atoms in total. The summed E-state index contributed by atoms with van der Waals surface area (Å²) in [5.41, 5.74) is 0. The number of hydrogen-bond acceptors (Lipinski definition) is 4. The average molecular weight is 270 g/mol. The first-order valence-electron chi connectivity index (χ1n) is 7.42. The maximum Gasteiger partial charge on any atom is 0.239 e. The van der Waals surface area contributed by atoms with E-state index in [0.717, 1.165) is 25.9 Å². The quantitative estimate of drug-likeness (QED) is 0.803.